The van der Waals surface area contributed by atoms with Gasteiger partial charge in [0, 0.05) is 51.3 Å². The minimum atomic E-state index is -0.599. The minimum absolute atomic E-state index is 0.267. The third-order valence-corrected chi connectivity index (χ3v) is 6.93. The Morgan fingerprint density at radius 2 is 1.96 bits per heavy atom. The van der Waals surface area contributed by atoms with Crippen LogP contribution in [0.2, 0.25) is 0 Å². The summed E-state index contributed by atoms with van der Waals surface area (Å²) >= 11 is 0. The van der Waals surface area contributed by atoms with Crippen LogP contribution in [-0.4, -0.2) is 79.2 Å². The van der Waals surface area contributed by atoms with E-state index in [1.54, 1.807) is 0 Å². The van der Waals surface area contributed by atoms with Crippen LogP contribution in [0, 0.1) is 5.41 Å². The molecule has 1 aliphatic heterocycles. The number of amides is 1. The van der Waals surface area contributed by atoms with Crippen LogP contribution >= 0.6 is 0 Å². The van der Waals surface area contributed by atoms with Crippen LogP contribution in [-0.2, 0) is 9.53 Å². The van der Waals surface area contributed by atoms with E-state index in [0.717, 1.165) is 45.2 Å². The first-order valence-corrected chi connectivity index (χ1v) is 10.00. The van der Waals surface area contributed by atoms with Gasteiger partial charge in [-0.05, 0) is 40.0 Å². The molecule has 7 heteroatoms. The van der Waals surface area contributed by atoms with Crippen LogP contribution in [0.15, 0.2) is 4.99 Å². The van der Waals surface area contributed by atoms with Crippen LogP contribution in [0.5, 0.6) is 0 Å². The normalized spacial score (nSPS) is 29.2. The first-order chi connectivity index (χ1) is 12.3. The van der Waals surface area contributed by atoms with Gasteiger partial charge < -0.3 is 20.7 Å². The Bertz CT molecular complexity index is 550. The number of nitrogens with two attached hydrogens (primary N) is 1. The smallest absolute Gasteiger partial charge is 0.237 e. The minimum Gasteiger partial charge on any atom is -0.378 e. The standard InChI is InChI=1S/C19H35N5O2/c1-5-26-15-13-14(19(15)7-6-8-19)22-17(21-4)23-9-11-24(12-10-23)18(2,3)16(20)25/h14-15H,5-13H2,1-4H3,(H2,20,25)(H,21,22). The number of primary amides is 1. The van der Waals surface area contributed by atoms with Gasteiger partial charge in [-0.25, -0.2) is 0 Å². The highest BCUT2D eigenvalue weighted by atomic mass is 16.5. The Morgan fingerprint density at radius 3 is 2.42 bits per heavy atom. The molecule has 7 nitrogen and oxygen atoms in total. The number of piperazine rings is 1. The predicted molar refractivity (Wildman–Crippen MR) is 103 cm³/mol. The van der Waals surface area contributed by atoms with E-state index in [2.05, 4.69) is 27.0 Å². The number of carbonyl (C=O) groups is 1. The van der Waals surface area contributed by atoms with E-state index < -0.39 is 5.54 Å². The van der Waals surface area contributed by atoms with E-state index >= 15 is 0 Å². The Morgan fingerprint density at radius 1 is 1.31 bits per heavy atom. The van der Waals surface area contributed by atoms with Crippen molar-refractivity contribution in [3.8, 4) is 0 Å². The summed E-state index contributed by atoms with van der Waals surface area (Å²) in [7, 11) is 1.86. The highest BCUT2D eigenvalue weighted by Gasteiger charge is 2.59. The molecule has 1 amide bonds. The van der Waals surface area contributed by atoms with Gasteiger partial charge in [0.2, 0.25) is 5.91 Å². The van der Waals surface area contributed by atoms with Gasteiger partial charge in [-0.15, -0.1) is 0 Å². The van der Waals surface area contributed by atoms with Crippen LogP contribution in [0.25, 0.3) is 0 Å². The molecule has 26 heavy (non-hydrogen) atoms. The molecule has 0 bridgehead atoms. The molecule has 2 unspecified atom stereocenters. The molecule has 3 N–H and O–H groups in total. The van der Waals surface area contributed by atoms with E-state index in [4.69, 9.17) is 10.5 Å². The quantitative estimate of drug-likeness (QED) is 0.556. The maximum Gasteiger partial charge on any atom is 0.237 e. The van der Waals surface area contributed by atoms with E-state index in [9.17, 15) is 4.79 Å². The second kappa shape index (κ2) is 7.35. The summed E-state index contributed by atoms with van der Waals surface area (Å²) < 4.78 is 5.96. The molecule has 148 valence electrons. The molecule has 2 saturated carbocycles. The Kier molecular flexibility index (Phi) is 5.49. The molecule has 2 atom stereocenters. The van der Waals surface area contributed by atoms with Crippen molar-refractivity contribution in [2.45, 2.75) is 64.1 Å². The molecule has 1 heterocycles. The third kappa shape index (κ3) is 3.20. The Hall–Kier alpha value is -1.34. The van der Waals surface area contributed by atoms with Crippen molar-refractivity contribution in [1.82, 2.24) is 15.1 Å². The number of hydrogen-bond acceptors (Lipinski definition) is 4. The van der Waals surface area contributed by atoms with Crippen LogP contribution in [0.4, 0.5) is 0 Å². The Balaban J connectivity index is 1.56. The topological polar surface area (TPSA) is 83.2 Å². The number of hydrogen-bond donors (Lipinski definition) is 2. The third-order valence-electron chi connectivity index (χ3n) is 6.93. The molecule has 3 aliphatic rings. The number of nitrogens with zero attached hydrogens (tertiary/aromatic N) is 3. The average molecular weight is 366 g/mol. The second-order valence-electron chi connectivity index (χ2n) is 8.41. The fourth-order valence-electron chi connectivity index (χ4n) is 4.73. The summed E-state index contributed by atoms with van der Waals surface area (Å²) in [6.07, 6.45) is 5.30. The number of guanidine groups is 1. The van der Waals surface area contributed by atoms with Gasteiger partial charge in [-0.1, -0.05) is 6.42 Å². The second-order valence-corrected chi connectivity index (χ2v) is 8.41. The predicted octanol–water partition coefficient (Wildman–Crippen LogP) is 0.791. The zero-order valence-corrected chi connectivity index (χ0v) is 16.8. The molecule has 1 spiro atoms. The number of carbonyl (C=O) groups excluding carboxylic acids is 1. The maximum absolute atomic E-state index is 11.7. The van der Waals surface area contributed by atoms with Gasteiger partial charge in [0.05, 0.1) is 11.6 Å². The highest BCUT2D eigenvalue weighted by Crippen LogP contribution is 2.57. The van der Waals surface area contributed by atoms with E-state index in [1.165, 1.54) is 19.3 Å². The number of nitrogens with one attached hydrogen (secondary N) is 1. The summed E-state index contributed by atoms with van der Waals surface area (Å²) in [5, 5.41) is 3.72. The molecule has 2 aliphatic carbocycles. The molecule has 0 aromatic heterocycles. The van der Waals surface area contributed by atoms with E-state index in [1.807, 2.05) is 20.9 Å². The summed E-state index contributed by atoms with van der Waals surface area (Å²) in [6, 6.07) is 0.464. The number of rotatable bonds is 5. The molecule has 0 aromatic carbocycles. The largest absolute Gasteiger partial charge is 0.378 e. The summed E-state index contributed by atoms with van der Waals surface area (Å²) in [5.74, 6) is 0.713. The van der Waals surface area contributed by atoms with Crippen molar-refractivity contribution >= 4 is 11.9 Å². The molecular weight excluding hydrogens is 330 g/mol. The summed E-state index contributed by atoms with van der Waals surface area (Å²) in [6.45, 7) is 10.0. The van der Waals surface area contributed by atoms with Crippen LogP contribution in [0.3, 0.4) is 0 Å². The lowest BCUT2D eigenvalue weighted by molar-refractivity contribution is -0.169. The molecule has 3 rings (SSSR count). The zero-order valence-electron chi connectivity index (χ0n) is 16.8. The lowest BCUT2D eigenvalue weighted by Crippen LogP contribution is -2.69. The van der Waals surface area contributed by atoms with Crippen molar-refractivity contribution in [2.75, 3.05) is 39.8 Å². The van der Waals surface area contributed by atoms with Gasteiger partial charge in [0.1, 0.15) is 0 Å². The fraction of sp³-hybridized carbons (Fsp3) is 0.895. The first-order valence-electron chi connectivity index (χ1n) is 10.00. The van der Waals surface area contributed by atoms with Gasteiger partial charge in [0.15, 0.2) is 5.96 Å². The number of aliphatic imine (C=N–C) groups is 1. The van der Waals surface area contributed by atoms with Crippen molar-refractivity contribution in [3.63, 3.8) is 0 Å². The molecular formula is C19H35N5O2. The average Bonchev–Trinajstić information content (AvgIpc) is 2.56. The summed E-state index contributed by atoms with van der Waals surface area (Å²) in [4.78, 5) is 20.7. The van der Waals surface area contributed by atoms with Gasteiger partial charge >= 0.3 is 0 Å². The molecule has 1 saturated heterocycles. The van der Waals surface area contributed by atoms with Gasteiger partial charge in [0.25, 0.3) is 0 Å². The van der Waals surface area contributed by atoms with E-state index in [-0.39, 0.29) is 5.91 Å². The SMILES string of the molecule is CCOC1CC(NC(=NC)N2CCN(C(C)(C)C(N)=O)CC2)C12CCC2. The van der Waals surface area contributed by atoms with Crippen molar-refractivity contribution in [2.24, 2.45) is 16.1 Å². The van der Waals surface area contributed by atoms with E-state index in [0.29, 0.717) is 17.6 Å². The zero-order chi connectivity index (χ0) is 18.9. The van der Waals surface area contributed by atoms with Gasteiger partial charge in [-0.2, -0.15) is 0 Å². The van der Waals surface area contributed by atoms with Crippen molar-refractivity contribution in [3.05, 3.63) is 0 Å². The highest BCUT2D eigenvalue weighted by molar-refractivity contribution is 5.84. The lowest BCUT2D eigenvalue weighted by Gasteiger charge is -2.61. The van der Waals surface area contributed by atoms with Crippen LogP contribution < -0.4 is 11.1 Å². The molecule has 0 radical (unpaired) electrons. The van der Waals surface area contributed by atoms with Crippen molar-refractivity contribution in [1.29, 1.82) is 0 Å². The Labute approximate surface area is 157 Å². The molecule has 0 aromatic rings. The lowest BCUT2D eigenvalue weighted by atomic mass is 9.51. The van der Waals surface area contributed by atoms with Gasteiger partial charge in [-0.3, -0.25) is 14.7 Å². The van der Waals surface area contributed by atoms with Crippen LogP contribution in [0.1, 0.15) is 46.5 Å². The number of ether oxygens (including phenoxy) is 1. The molecule has 3 fully saturated rings. The summed E-state index contributed by atoms with van der Waals surface area (Å²) in [5.41, 5.74) is 5.28. The maximum atomic E-state index is 11.7. The first kappa shape index (κ1) is 19.4. The monoisotopic (exact) mass is 365 g/mol. The van der Waals surface area contributed by atoms with Crippen molar-refractivity contribution < 1.29 is 9.53 Å². The fourth-order valence-corrected chi connectivity index (χ4v) is 4.73.